The lowest BCUT2D eigenvalue weighted by atomic mass is 10.1. The van der Waals surface area contributed by atoms with E-state index in [1.54, 1.807) is 24.5 Å². The average Bonchev–Trinajstić information content (AvgIpc) is 3.49. The Labute approximate surface area is 209 Å². The van der Waals surface area contributed by atoms with Gasteiger partial charge in [0.2, 0.25) is 0 Å². The summed E-state index contributed by atoms with van der Waals surface area (Å²) >= 11 is 0. The van der Waals surface area contributed by atoms with Crippen LogP contribution in [0.4, 0.5) is 23.2 Å². The highest BCUT2D eigenvalue weighted by atomic mass is 19.4. The van der Waals surface area contributed by atoms with Crippen molar-refractivity contribution in [2.75, 3.05) is 18.6 Å². The molecule has 0 saturated carbocycles. The highest BCUT2D eigenvalue weighted by Gasteiger charge is 2.40. The molecular formula is C25H22F4N6O2. The summed E-state index contributed by atoms with van der Waals surface area (Å²) in [6.07, 6.45) is 0.421. The molecule has 1 aliphatic heterocycles. The van der Waals surface area contributed by atoms with Gasteiger partial charge in [0.15, 0.2) is 0 Å². The van der Waals surface area contributed by atoms with Crippen LogP contribution >= 0.6 is 0 Å². The lowest BCUT2D eigenvalue weighted by Crippen LogP contribution is -2.42. The van der Waals surface area contributed by atoms with E-state index in [4.69, 9.17) is 4.74 Å². The van der Waals surface area contributed by atoms with Crippen LogP contribution in [0.3, 0.4) is 0 Å². The van der Waals surface area contributed by atoms with E-state index < -0.39 is 30.5 Å². The molecule has 192 valence electrons. The highest BCUT2D eigenvalue weighted by molar-refractivity contribution is 5.97. The Hall–Kier alpha value is -4.22. The summed E-state index contributed by atoms with van der Waals surface area (Å²) in [5.74, 6) is -0.176. The van der Waals surface area contributed by atoms with Crippen LogP contribution in [-0.2, 0) is 11.2 Å². The van der Waals surface area contributed by atoms with E-state index in [-0.39, 0.29) is 24.1 Å². The van der Waals surface area contributed by atoms with E-state index in [9.17, 15) is 22.4 Å². The molecular weight excluding hydrogens is 492 g/mol. The van der Waals surface area contributed by atoms with Gasteiger partial charge in [0.1, 0.15) is 35.7 Å². The predicted molar refractivity (Wildman–Crippen MR) is 126 cm³/mol. The van der Waals surface area contributed by atoms with E-state index in [1.165, 1.54) is 36.2 Å². The zero-order valence-corrected chi connectivity index (χ0v) is 19.9. The number of carbonyl (C=O) groups is 1. The number of carbonyl (C=O) groups excluding carboxylic acids is 1. The van der Waals surface area contributed by atoms with Crippen molar-refractivity contribution in [1.29, 1.82) is 0 Å². The molecule has 0 spiro atoms. The minimum atomic E-state index is -4.67. The van der Waals surface area contributed by atoms with E-state index in [2.05, 4.69) is 15.3 Å². The number of methoxy groups -OCH3 is 1. The summed E-state index contributed by atoms with van der Waals surface area (Å²) in [5, 5.41) is 8.20. The van der Waals surface area contributed by atoms with E-state index >= 15 is 0 Å². The largest absolute Gasteiger partial charge is 0.495 e. The Morgan fingerprint density at radius 3 is 2.68 bits per heavy atom. The molecule has 0 bridgehead atoms. The number of benzene rings is 2. The molecule has 0 saturated heterocycles. The lowest BCUT2D eigenvalue weighted by molar-refractivity contribution is -0.134. The second kappa shape index (κ2) is 9.34. The quantitative estimate of drug-likeness (QED) is 0.362. The van der Waals surface area contributed by atoms with Crippen molar-refractivity contribution in [2.45, 2.75) is 32.0 Å². The smallest absolute Gasteiger partial charge is 0.406 e. The maximum absolute atomic E-state index is 14.5. The minimum Gasteiger partial charge on any atom is -0.495 e. The number of aromatic nitrogens is 5. The molecule has 4 aromatic rings. The number of anilines is 1. The number of imidazole rings is 1. The number of nitrogens with zero attached hydrogens (tertiary/aromatic N) is 6. The van der Waals surface area contributed by atoms with Crippen molar-refractivity contribution in [3.63, 3.8) is 0 Å². The van der Waals surface area contributed by atoms with Crippen molar-refractivity contribution in [1.82, 2.24) is 24.5 Å². The second-order valence-corrected chi connectivity index (χ2v) is 8.65. The molecule has 8 nitrogen and oxygen atoms in total. The molecule has 0 aliphatic carbocycles. The van der Waals surface area contributed by atoms with Gasteiger partial charge in [-0.3, -0.25) is 4.79 Å². The van der Waals surface area contributed by atoms with Gasteiger partial charge in [0.05, 0.1) is 24.7 Å². The third-order valence-electron chi connectivity index (χ3n) is 6.33. The van der Waals surface area contributed by atoms with Gasteiger partial charge >= 0.3 is 6.18 Å². The standard InChI is InChI=1S/C25H22F4N6O2/c1-15-30-10-11-33(15)21-8-6-16(12-23(21)37-2)19-13-35(32-31-19)22-9-7-17-18(26)4-3-5-20(17)34(24(22)36)14-25(27,28)29/h3-6,8,10-13,22H,7,9,14H2,1-2H3/t22-/m0/s1. The maximum atomic E-state index is 14.5. The SMILES string of the molecule is COc1cc(-c2cn([C@H]3CCc4c(F)cccc4N(CC(F)(F)F)C3=O)nn2)ccc1-n1ccnc1C. The number of halogens is 4. The van der Waals surface area contributed by atoms with Gasteiger partial charge in [-0.1, -0.05) is 17.3 Å². The van der Waals surface area contributed by atoms with Gasteiger partial charge in [-0.05, 0) is 44.0 Å². The number of hydrogen-bond donors (Lipinski definition) is 0. The normalized spacial score (nSPS) is 16.0. The van der Waals surface area contributed by atoms with Crippen LogP contribution in [0.1, 0.15) is 23.9 Å². The van der Waals surface area contributed by atoms with Gasteiger partial charge in [-0.25, -0.2) is 14.1 Å². The zero-order valence-electron chi connectivity index (χ0n) is 19.9. The minimum absolute atomic E-state index is 0.0616. The van der Waals surface area contributed by atoms with Gasteiger partial charge < -0.3 is 14.2 Å². The fourth-order valence-electron chi connectivity index (χ4n) is 4.57. The van der Waals surface area contributed by atoms with E-state index in [1.807, 2.05) is 17.6 Å². The first-order valence-corrected chi connectivity index (χ1v) is 11.4. The number of aryl methyl sites for hydroxylation is 1. The van der Waals surface area contributed by atoms with E-state index in [0.717, 1.165) is 11.5 Å². The summed E-state index contributed by atoms with van der Waals surface area (Å²) in [5.41, 5.74) is 1.77. The number of amides is 1. The average molecular weight is 514 g/mol. The van der Waals surface area contributed by atoms with Crippen LogP contribution in [0.2, 0.25) is 0 Å². The van der Waals surface area contributed by atoms with Crippen LogP contribution in [-0.4, -0.2) is 50.3 Å². The second-order valence-electron chi connectivity index (χ2n) is 8.65. The first-order chi connectivity index (χ1) is 17.7. The van der Waals surface area contributed by atoms with Gasteiger partial charge in [0, 0.05) is 23.5 Å². The lowest BCUT2D eigenvalue weighted by Gasteiger charge is -2.26. The highest BCUT2D eigenvalue weighted by Crippen LogP contribution is 2.36. The molecule has 1 atom stereocenters. The molecule has 3 heterocycles. The Bertz CT molecular complexity index is 1460. The van der Waals surface area contributed by atoms with Crippen molar-refractivity contribution >= 4 is 11.6 Å². The van der Waals surface area contributed by atoms with Crippen LogP contribution in [0.15, 0.2) is 55.0 Å². The number of alkyl halides is 3. The summed E-state index contributed by atoms with van der Waals surface area (Å²) in [7, 11) is 1.53. The Balaban J connectivity index is 1.48. The summed E-state index contributed by atoms with van der Waals surface area (Å²) < 4.78 is 63.3. The van der Waals surface area contributed by atoms with E-state index in [0.29, 0.717) is 21.9 Å². The van der Waals surface area contributed by atoms with Crippen LogP contribution in [0.25, 0.3) is 16.9 Å². The molecule has 2 aromatic carbocycles. The van der Waals surface area contributed by atoms with Crippen LogP contribution in [0.5, 0.6) is 5.75 Å². The maximum Gasteiger partial charge on any atom is 0.406 e. The topological polar surface area (TPSA) is 78.1 Å². The van der Waals surface area contributed by atoms with Crippen molar-refractivity contribution in [2.24, 2.45) is 0 Å². The molecule has 37 heavy (non-hydrogen) atoms. The fraction of sp³-hybridized carbons (Fsp3) is 0.280. The summed E-state index contributed by atoms with van der Waals surface area (Å²) in [6, 6.07) is 8.06. The molecule has 1 aliphatic rings. The summed E-state index contributed by atoms with van der Waals surface area (Å²) in [6.45, 7) is 0.321. The third-order valence-corrected chi connectivity index (χ3v) is 6.33. The third kappa shape index (κ3) is 4.66. The molecule has 1 amide bonds. The number of fused-ring (bicyclic) bond motifs is 1. The first kappa shape index (κ1) is 24.5. The molecule has 0 radical (unpaired) electrons. The molecule has 0 N–H and O–H groups in total. The number of hydrogen-bond acceptors (Lipinski definition) is 5. The van der Waals surface area contributed by atoms with Crippen molar-refractivity contribution in [3.05, 3.63) is 72.2 Å². The van der Waals surface area contributed by atoms with Crippen LogP contribution < -0.4 is 9.64 Å². The fourth-order valence-corrected chi connectivity index (χ4v) is 4.57. The molecule has 12 heteroatoms. The summed E-state index contributed by atoms with van der Waals surface area (Å²) in [4.78, 5) is 18.1. The zero-order chi connectivity index (χ0) is 26.3. The van der Waals surface area contributed by atoms with Crippen molar-refractivity contribution < 1.29 is 27.1 Å². The molecule has 5 rings (SSSR count). The predicted octanol–water partition coefficient (Wildman–Crippen LogP) is 4.67. The van der Waals surface area contributed by atoms with Crippen LogP contribution in [0, 0.1) is 12.7 Å². The van der Waals surface area contributed by atoms with Crippen molar-refractivity contribution in [3.8, 4) is 22.7 Å². The Morgan fingerprint density at radius 2 is 1.97 bits per heavy atom. The van der Waals surface area contributed by atoms with Gasteiger partial charge in [-0.15, -0.1) is 5.10 Å². The van der Waals surface area contributed by atoms with Gasteiger partial charge in [0.25, 0.3) is 5.91 Å². The monoisotopic (exact) mass is 514 g/mol. The Morgan fingerprint density at radius 1 is 1.16 bits per heavy atom. The number of ether oxygens (including phenoxy) is 1. The molecule has 0 fully saturated rings. The Kier molecular flexibility index (Phi) is 6.18. The first-order valence-electron chi connectivity index (χ1n) is 11.4. The number of rotatable bonds is 5. The molecule has 0 unspecified atom stereocenters. The molecule has 2 aromatic heterocycles. The van der Waals surface area contributed by atoms with Gasteiger partial charge in [-0.2, -0.15) is 13.2 Å².